The number of Topliss-reactive ketones (excluding diaryl/α,β-unsaturated/α-hetero) is 1. The van der Waals surface area contributed by atoms with Crippen molar-refractivity contribution in [3.8, 4) is 0 Å². The maximum absolute atomic E-state index is 11.3. The van der Waals surface area contributed by atoms with Gasteiger partial charge in [0, 0.05) is 12.8 Å². The molecule has 5 heteroatoms. The van der Waals surface area contributed by atoms with Gasteiger partial charge in [0.25, 0.3) is 6.48 Å². The van der Waals surface area contributed by atoms with Crippen LogP contribution >= 0.6 is 0 Å². The van der Waals surface area contributed by atoms with Crippen LogP contribution in [0.4, 0.5) is 0 Å². The fourth-order valence-corrected chi connectivity index (χ4v) is 4.68. The van der Waals surface area contributed by atoms with Crippen LogP contribution in [0.15, 0.2) is 0 Å². The van der Waals surface area contributed by atoms with Gasteiger partial charge in [-0.05, 0) is 49.0 Å². The highest BCUT2D eigenvalue weighted by Gasteiger charge is 2.32. The van der Waals surface area contributed by atoms with E-state index in [-0.39, 0.29) is 9.76 Å². The monoisotopic (exact) mass is 298 g/mol. The van der Waals surface area contributed by atoms with Crippen LogP contribution in [0.2, 0.25) is 5.54 Å². The van der Waals surface area contributed by atoms with Crippen LogP contribution in [-0.4, -0.2) is 32.2 Å². The van der Waals surface area contributed by atoms with E-state index in [1.807, 2.05) is 0 Å². The van der Waals surface area contributed by atoms with Crippen LogP contribution in [0.1, 0.15) is 58.3 Å². The third-order valence-electron chi connectivity index (χ3n) is 5.14. The molecule has 0 spiro atoms. The number of rotatable bonds is 5. The number of carbonyl (C=O) groups is 1. The summed E-state index contributed by atoms with van der Waals surface area (Å²) in [5, 5.41) is 17.5. The van der Waals surface area contributed by atoms with Crippen LogP contribution in [0.25, 0.3) is 0 Å². The zero-order valence-electron chi connectivity index (χ0n) is 12.3. The van der Waals surface area contributed by atoms with Gasteiger partial charge in [-0.25, -0.2) is 0 Å². The third kappa shape index (κ3) is 4.65. The molecular weight excluding hydrogens is 272 g/mol. The summed E-state index contributed by atoms with van der Waals surface area (Å²) in [4.78, 5) is 11.3. The topological polar surface area (TPSA) is 66.8 Å². The van der Waals surface area contributed by atoms with Crippen molar-refractivity contribution in [2.45, 2.75) is 70.3 Å². The van der Waals surface area contributed by atoms with Gasteiger partial charge in [0.1, 0.15) is 5.78 Å². The van der Waals surface area contributed by atoms with Crippen LogP contribution in [0.5, 0.6) is 0 Å². The lowest BCUT2D eigenvalue weighted by Crippen LogP contribution is -2.28. The largest absolute Gasteiger partial charge is 0.372 e. The normalized spacial score (nSPS) is 30.7. The van der Waals surface area contributed by atoms with E-state index in [1.165, 1.54) is 25.7 Å². The van der Waals surface area contributed by atoms with Gasteiger partial charge < -0.3 is 14.6 Å². The first kappa shape index (κ1) is 16.1. The third-order valence-corrected chi connectivity index (χ3v) is 6.33. The first-order chi connectivity index (χ1) is 9.56. The number of carbonyl (C=O) groups excluding carboxylic acids is 1. The maximum atomic E-state index is 11.3. The van der Waals surface area contributed by atoms with E-state index in [2.05, 4.69) is 6.92 Å². The van der Waals surface area contributed by atoms with E-state index in [1.54, 1.807) is 0 Å². The highest BCUT2D eigenvalue weighted by atomic mass is 28.2. The quantitative estimate of drug-likeness (QED) is 0.603. The second kappa shape index (κ2) is 7.68. The zero-order valence-corrected chi connectivity index (χ0v) is 13.3. The fraction of sp³-hybridized carbons (Fsp3) is 0.933. The van der Waals surface area contributed by atoms with Gasteiger partial charge in [-0.2, -0.15) is 0 Å². The molecule has 114 valence electrons. The van der Waals surface area contributed by atoms with Gasteiger partial charge in [-0.3, -0.25) is 4.79 Å². The predicted molar refractivity (Wildman–Crippen MR) is 76.9 cm³/mol. The molecule has 0 aromatic rings. The summed E-state index contributed by atoms with van der Waals surface area (Å²) in [5.41, 5.74) is 0.408. The zero-order chi connectivity index (χ0) is 14.5. The molecule has 2 saturated carbocycles. The standard InChI is InChI=1S/C15H26O4Si/c1-10(20-19-15(17)18)11-2-4-12(5-3-11)13-6-8-14(16)9-7-13/h10-13,15,17-18H,2-9H2,1H3. The lowest BCUT2D eigenvalue weighted by atomic mass is 9.70. The number of aliphatic hydroxyl groups is 2. The Hall–Kier alpha value is -0.233. The molecule has 2 aliphatic rings. The van der Waals surface area contributed by atoms with Gasteiger partial charge in [-0.15, -0.1) is 0 Å². The molecule has 0 aromatic heterocycles. The molecule has 20 heavy (non-hydrogen) atoms. The van der Waals surface area contributed by atoms with Crippen molar-refractivity contribution in [1.29, 1.82) is 0 Å². The summed E-state index contributed by atoms with van der Waals surface area (Å²) < 4.78 is 4.91. The molecule has 2 radical (unpaired) electrons. The van der Waals surface area contributed by atoms with E-state index >= 15 is 0 Å². The van der Waals surface area contributed by atoms with Crippen molar-refractivity contribution >= 4 is 15.5 Å². The fourth-order valence-electron chi connectivity index (χ4n) is 3.81. The number of aliphatic hydroxyl groups excluding tert-OH is 1. The lowest BCUT2D eigenvalue weighted by Gasteiger charge is -2.37. The molecule has 0 heterocycles. The van der Waals surface area contributed by atoms with E-state index in [0.717, 1.165) is 37.5 Å². The van der Waals surface area contributed by atoms with Gasteiger partial charge in [0.2, 0.25) is 9.76 Å². The molecule has 2 aliphatic carbocycles. The lowest BCUT2D eigenvalue weighted by molar-refractivity contribution is -0.180. The molecule has 0 aliphatic heterocycles. The molecule has 0 saturated heterocycles. The van der Waals surface area contributed by atoms with Crippen LogP contribution in [0.3, 0.4) is 0 Å². The first-order valence-electron chi connectivity index (χ1n) is 7.85. The Morgan fingerprint density at radius 2 is 1.60 bits per heavy atom. The molecular formula is C15H26O4Si. The molecule has 2 rings (SSSR count). The molecule has 4 nitrogen and oxygen atoms in total. The Kier molecular flexibility index (Phi) is 6.20. The van der Waals surface area contributed by atoms with Crippen molar-refractivity contribution in [2.24, 2.45) is 17.8 Å². The number of ketones is 1. The van der Waals surface area contributed by atoms with Gasteiger partial charge >= 0.3 is 0 Å². The van der Waals surface area contributed by atoms with Gasteiger partial charge in [0.05, 0.1) is 0 Å². The smallest absolute Gasteiger partial charge is 0.256 e. The molecule has 2 N–H and O–H groups in total. The Morgan fingerprint density at radius 3 is 2.15 bits per heavy atom. The van der Waals surface area contributed by atoms with E-state index in [4.69, 9.17) is 14.6 Å². The minimum Gasteiger partial charge on any atom is -0.372 e. The summed E-state index contributed by atoms with van der Waals surface area (Å²) in [6, 6.07) is 0. The summed E-state index contributed by atoms with van der Waals surface area (Å²) in [5.74, 6) is 2.67. The van der Waals surface area contributed by atoms with E-state index in [0.29, 0.717) is 17.2 Å². The average molecular weight is 298 g/mol. The van der Waals surface area contributed by atoms with Crippen LogP contribution in [-0.2, 0) is 9.22 Å². The SMILES string of the molecule is CC([Si]OC(O)O)C1CCC(C2CCC(=O)CC2)CC1. The van der Waals surface area contributed by atoms with Crippen molar-refractivity contribution in [1.82, 2.24) is 0 Å². The molecule has 0 bridgehead atoms. The minimum atomic E-state index is -1.63. The van der Waals surface area contributed by atoms with Gasteiger partial charge in [0.15, 0.2) is 0 Å². The number of hydrogen-bond acceptors (Lipinski definition) is 4. The minimum absolute atomic E-state index is 0.168. The molecule has 1 atom stereocenters. The predicted octanol–water partition coefficient (Wildman–Crippen LogP) is 2.26. The van der Waals surface area contributed by atoms with Crippen molar-refractivity contribution in [3.05, 3.63) is 0 Å². The van der Waals surface area contributed by atoms with Crippen molar-refractivity contribution in [2.75, 3.05) is 0 Å². The van der Waals surface area contributed by atoms with Crippen LogP contribution < -0.4 is 0 Å². The van der Waals surface area contributed by atoms with E-state index in [9.17, 15) is 4.79 Å². The Bertz CT molecular complexity index is 303. The van der Waals surface area contributed by atoms with Crippen molar-refractivity contribution in [3.63, 3.8) is 0 Å². The Balaban J connectivity index is 1.70. The first-order valence-corrected chi connectivity index (χ1v) is 8.84. The Labute approximate surface area is 123 Å². The maximum Gasteiger partial charge on any atom is 0.256 e. The highest BCUT2D eigenvalue weighted by molar-refractivity contribution is 6.29. The summed E-state index contributed by atoms with van der Waals surface area (Å²) >= 11 is 0. The average Bonchev–Trinajstić information content (AvgIpc) is 2.46. The molecule has 0 aromatic carbocycles. The van der Waals surface area contributed by atoms with Crippen molar-refractivity contribution < 1.29 is 19.4 Å². The van der Waals surface area contributed by atoms with Gasteiger partial charge in [-0.1, -0.05) is 19.8 Å². The molecule has 1 unspecified atom stereocenters. The van der Waals surface area contributed by atoms with Crippen LogP contribution in [0, 0.1) is 17.8 Å². The molecule has 2 fully saturated rings. The summed E-state index contributed by atoms with van der Waals surface area (Å²) in [6.45, 7) is 0.511. The highest BCUT2D eigenvalue weighted by Crippen LogP contribution is 2.42. The second-order valence-electron chi connectivity index (χ2n) is 6.40. The summed E-state index contributed by atoms with van der Waals surface area (Å²) in [6.07, 6.45) is 8.76. The van der Waals surface area contributed by atoms with E-state index < -0.39 is 6.48 Å². The Morgan fingerprint density at radius 1 is 1.05 bits per heavy atom. The number of hydrogen-bond donors (Lipinski definition) is 2. The molecule has 0 amide bonds. The summed E-state index contributed by atoms with van der Waals surface area (Å²) in [7, 11) is 0.168. The second-order valence-corrected chi connectivity index (χ2v) is 7.78.